The van der Waals surface area contributed by atoms with E-state index in [1.54, 1.807) is 25.1 Å². The highest BCUT2D eigenvalue weighted by Gasteiger charge is 2.15. The fourth-order valence-corrected chi connectivity index (χ4v) is 3.26. The maximum Gasteiger partial charge on any atom is 0.267 e. The number of benzene rings is 2. The third-order valence-corrected chi connectivity index (χ3v) is 5.02. The molecular formula is C23H19BrClN3O5. The Bertz CT molecular complexity index is 1200. The van der Waals surface area contributed by atoms with Gasteiger partial charge in [0.1, 0.15) is 36.4 Å². The molecule has 3 aromatic rings. The second-order valence-corrected chi connectivity index (χ2v) is 7.95. The Kier molecular flexibility index (Phi) is 8.35. The first kappa shape index (κ1) is 24.2. The number of nitrogens with zero attached hydrogens (tertiary/aromatic N) is 2. The van der Waals surface area contributed by atoms with Crippen LogP contribution in [0.4, 0.5) is 5.82 Å². The van der Waals surface area contributed by atoms with E-state index < -0.39 is 5.91 Å². The first-order chi connectivity index (χ1) is 15.9. The number of ether oxygens (including phenoxy) is 3. The van der Waals surface area contributed by atoms with Gasteiger partial charge in [0.15, 0.2) is 17.3 Å². The summed E-state index contributed by atoms with van der Waals surface area (Å²) < 4.78 is 22.6. The monoisotopic (exact) mass is 531 g/mol. The van der Waals surface area contributed by atoms with Gasteiger partial charge in [0.25, 0.3) is 5.91 Å². The number of amides is 1. The summed E-state index contributed by atoms with van der Waals surface area (Å²) in [7, 11) is 1.47. The third kappa shape index (κ3) is 6.75. The molecule has 0 bridgehead atoms. The molecule has 0 fully saturated rings. The van der Waals surface area contributed by atoms with Gasteiger partial charge >= 0.3 is 0 Å². The van der Waals surface area contributed by atoms with Gasteiger partial charge in [-0.2, -0.15) is 5.26 Å². The number of aryl methyl sites for hydroxylation is 1. The first-order valence-corrected chi connectivity index (χ1v) is 10.8. The van der Waals surface area contributed by atoms with Crippen LogP contribution in [0.3, 0.4) is 0 Å². The normalized spacial score (nSPS) is 10.9. The Balaban J connectivity index is 1.68. The molecule has 0 unspecified atom stereocenters. The van der Waals surface area contributed by atoms with Gasteiger partial charge in [-0.15, -0.1) is 0 Å². The van der Waals surface area contributed by atoms with Crippen molar-refractivity contribution in [3.05, 3.63) is 68.9 Å². The van der Waals surface area contributed by atoms with Crippen molar-refractivity contribution in [3.63, 3.8) is 0 Å². The Morgan fingerprint density at radius 3 is 2.61 bits per heavy atom. The van der Waals surface area contributed by atoms with E-state index in [4.69, 9.17) is 30.3 Å². The highest BCUT2D eigenvalue weighted by atomic mass is 79.9. The second-order valence-electron chi connectivity index (χ2n) is 6.63. The minimum atomic E-state index is -0.633. The van der Waals surface area contributed by atoms with Crippen LogP contribution in [-0.4, -0.2) is 31.4 Å². The number of carbonyl (C=O) groups is 1. The number of methoxy groups -OCH3 is 1. The lowest BCUT2D eigenvalue weighted by Gasteiger charge is -2.14. The van der Waals surface area contributed by atoms with Crippen molar-refractivity contribution in [1.29, 1.82) is 5.26 Å². The Hall–Kier alpha value is -3.48. The molecule has 8 nitrogen and oxygen atoms in total. The fraction of sp³-hybridized carbons (Fsp3) is 0.174. The van der Waals surface area contributed by atoms with Crippen LogP contribution in [-0.2, 0) is 4.79 Å². The Morgan fingerprint density at radius 1 is 1.24 bits per heavy atom. The molecule has 33 heavy (non-hydrogen) atoms. The minimum Gasteiger partial charge on any atom is -0.493 e. The maximum atomic E-state index is 12.4. The predicted octanol–water partition coefficient (Wildman–Crippen LogP) is 5.41. The number of halogens is 2. The molecule has 2 aromatic carbocycles. The summed E-state index contributed by atoms with van der Waals surface area (Å²) >= 11 is 9.75. The number of rotatable bonds is 9. The van der Waals surface area contributed by atoms with Crippen molar-refractivity contribution in [1.82, 2.24) is 5.16 Å². The van der Waals surface area contributed by atoms with E-state index in [0.717, 1.165) is 4.47 Å². The van der Waals surface area contributed by atoms with Gasteiger partial charge in [-0.1, -0.05) is 32.7 Å². The molecule has 1 aromatic heterocycles. The highest BCUT2D eigenvalue weighted by molar-refractivity contribution is 9.10. The largest absolute Gasteiger partial charge is 0.493 e. The van der Waals surface area contributed by atoms with Gasteiger partial charge in [-0.3, -0.25) is 4.79 Å². The molecule has 10 heteroatoms. The summed E-state index contributed by atoms with van der Waals surface area (Å²) in [5.74, 6) is 1.50. The lowest BCUT2D eigenvalue weighted by atomic mass is 10.1. The quantitative estimate of drug-likeness (QED) is 0.223. The Labute approximate surface area is 203 Å². The van der Waals surface area contributed by atoms with Gasteiger partial charge in [-0.25, -0.2) is 0 Å². The van der Waals surface area contributed by atoms with E-state index in [0.29, 0.717) is 35.2 Å². The SMILES string of the molecule is COc1cc(/C=C(/C#N)C(=O)Nc2cc(C)on2)cc(Cl)c1OCCOc1ccc(Br)cc1. The molecule has 0 aliphatic rings. The average molecular weight is 533 g/mol. The molecule has 0 aliphatic carbocycles. The molecule has 1 amide bonds. The summed E-state index contributed by atoms with van der Waals surface area (Å²) in [6.07, 6.45) is 1.39. The van der Waals surface area contributed by atoms with Gasteiger partial charge in [0.05, 0.1) is 12.1 Å². The van der Waals surface area contributed by atoms with Crippen LogP contribution < -0.4 is 19.5 Å². The van der Waals surface area contributed by atoms with E-state index >= 15 is 0 Å². The number of aromatic nitrogens is 1. The van der Waals surface area contributed by atoms with Crippen LogP contribution in [0.5, 0.6) is 17.2 Å². The summed E-state index contributed by atoms with van der Waals surface area (Å²) in [6.45, 7) is 2.21. The van der Waals surface area contributed by atoms with Crippen LogP contribution in [0.2, 0.25) is 5.02 Å². The van der Waals surface area contributed by atoms with Crippen molar-refractivity contribution in [3.8, 4) is 23.3 Å². The van der Waals surface area contributed by atoms with Crippen molar-refractivity contribution in [2.24, 2.45) is 0 Å². The first-order valence-electron chi connectivity index (χ1n) is 9.64. The van der Waals surface area contributed by atoms with Crippen molar-refractivity contribution < 1.29 is 23.5 Å². The number of carbonyl (C=O) groups excluding carboxylic acids is 1. The van der Waals surface area contributed by atoms with E-state index in [2.05, 4.69) is 26.4 Å². The molecule has 170 valence electrons. The molecule has 0 spiro atoms. The number of nitrogens with one attached hydrogen (secondary N) is 1. The van der Waals surface area contributed by atoms with E-state index in [1.807, 2.05) is 30.3 Å². The lowest BCUT2D eigenvalue weighted by molar-refractivity contribution is -0.112. The zero-order valence-corrected chi connectivity index (χ0v) is 20.1. The summed E-state index contributed by atoms with van der Waals surface area (Å²) in [5.41, 5.74) is 0.337. The zero-order valence-electron chi connectivity index (χ0n) is 17.7. The molecule has 0 atom stereocenters. The van der Waals surface area contributed by atoms with Crippen LogP contribution in [0.1, 0.15) is 11.3 Å². The van der Waals surface area contributed by atoms with E-state index in [1.165, 1.54) is 13.2 Å². The molecule has 3 rings (SSSR count). The number of hydrogen-bond acceptors (Lipinski definition) is 7. The minimum absolute atomic E-state index is 0.148. The molecule has 0 saturated carbocycles. The fourth-order valence-electron chi connectivity index (χ4n) is 2.72. The van der Waals surface area contributed by atoms with Crippen LogP contribution in [0, 0.1) is 18.3 Å². The highest BCUT2D eigenvalue weighted by Crippen LogP contribution is 2.37. The molecule has 1 heterocycles. The van der Waals surface area contributed by atoms with Gasteiger partial charge < -0.3 is 24.1 Å². The maximum absolute atomic E-state index is 12.4. The second kappa shape index (κ2) is 11.4. The van der Waals surface area contributed by atoms with Crippen LogP contribution >= 0.6 is 27.5 Å². The molecule has 1 N–H and O–H groups in total. The lowest BCUT2D eigenvalue weighted by Crippen LogP contribution is -2.13. The van der Waals surface area contributed by atoms with Crippen molar-refractivity contribution >= 4 is 45.3 Å². The predicted molar refractivity (Wildman–Crippen MR) is 127 cm³/mol. The van der Waals surface area contributed by atoms with Gasteiger partial charge in [0, 0.05) is 10.5 Å². The van der Waals surface area contributed by atoms with Crippen molar-refractivity contribution in [2.75, 3.05) is 25.6 Å². The van der Waals surface area contributed by atoms with Crippen LogP contribution in [0.15, 0.2) is 57.0 Å². The molecule has 0 radical (unpaired) electrons. The summed E-state index contributed by atoms with van der Waals surface area (Å²) in [5, 5.41) is 15.9. The van der Waals surface area contributed by atoms with Gasteiger partial charge in [0.2, 0.25) is 0 Å². The average Bonchev–Trinajstić information content (AvgIpc) is 3.21. The van der Waals surface area contributed by atoms with E-state index in [9.17, 15) is 10.1 Å². The number of nitriles is 1. The topological polar surface area (TPSA) is 107 Å². The molecule has 0 aliphatic heterocycles. The summed E-state index contributed by atoms with van der Waals surface area (Å²) in [6, 6.07) is 14.0. The van der Waals surface area contributed by atoms with Crippen molar-refractivity contribution in [2.45, 2.75) is 6.92 Å². The number of hydrogen-bond donors (Lipinski definition) is 1. The van der Waals surface area contributed by atoms with E-state index in [-0.39, 0.29) is 23.0 Å². The van der Waals surface area contributed by atoms with Crippen LogP contribution in [0.25, 0.3) is 6.08 Å². The summed E-state index contributed by atoms with van der Waals surface area (Å²) in [4.78, 5) is 12.4. The number of anilines is 1. The molecule has 0 saturated heterocycles. The zero-order chi connectivity index (χ0) is 23.8. The third-order valence-electron chi connectivity index (χ3n) is 4.21. The molecular weight excluding hydrogens is 514 g/mol. The Morgan fingerprint density at radius 2 is 1.97 bits per heavy atom. The standard InChI is InChI=1S/C23H19BrClN3O5/c1-14-9-21(28-33-14)27-23(29)16(13-26)10-15-11-19(25)22(20(12-15)30-2)32-8-7-31-18-5-3-17(24)4-6-18/h3-6,9-12H,7-8H2,1-2H3,(H,27,28,29)/b16-10-. The smallest absolute Gasteiger partial charge is 0.267 e. The van der Waals surface area contributed by atoms with Gasteiger partial charge in [-0.05, 0) is 55.0 Å².